The highest BCUT2D eigenvalue weighted by molar-refractivity contribution is 5.97. The van der Waals surface area contributed by atoms with Crippen molar-refractivity contribution in [3.63, 3.8) is 0 Å². The first kappa shape index (κ1) is 33.8. The first-order chi connectivity index (χ1) is 28.2. The summed E-state index contributed by atoms with van der Waals surface area (Å²) in [6, 6.07) is 73.5. The molecule has 0 unspecified atom stereocenters. The van der Waals surface area contributed by atoms with Crippen molar-refractivity contribution in [2.24, 2.45) is 0 Å². The topological polar surface area (TPSA) is 56.5 Å². The van der Waals surface area contributed by atoms with Crippen molar-refractivity contribution in [2.45, 2.75) is 0 Å². The van der Waals surface area contributed by atoms with Crippen LogP contribution in [0, 0.1) is 0 Å². The third kappa shape index (κ3) is 6.79. The number of aromatic nitrogens is 5. The second-order valence-electron chi connectivity index (χ2n) is 14.0. The van der Waals surface area contributed by atoms with E-state index in [9.17, 15) is 0 Å². The predicted octanol–water partition coefficient (Wildman–Crippen LogP) is 12.9. The van der Waals surface area contributed by atoms with Gasteiger partial charge in [0, 0.05) is 27.6 Å². The van der Waals surface area contributed by atoms with Crippen molar-refractivity contribution in [3.8, 4) is 84.5 Å². The second kappa shape index (κ2) is 14.8. The van der Waals surface area contributed by atoms with Crippen molar-refractivity contribution in [1.29, 1.82) is 0 Å². The van der Waals surface area contributed by atoms with Gasteiger partial charge in [0.15, 0.2) is 17.5 Å². The molecule has 10 rings (SSSR count). The van der Waals surface area contributed by atoms with Crippen LogP contribution in [0.4, 0.5) is 0 Å². The molecule has 0 aliphatic heterocycles. The second-order valence-corrected chi connectivity index (χ2v) is 14.0. The Balaban J connectivity index is 1.02. The zero-order valence-electron chi connectivity index (χ0n) is 30.9. The van der Waals surface area contributed by atoms with Crippen LogP contribution in [0.3, 0.4) is 0 Å². The molecule has 5 heteroatoms. The molecule has 0 aliphatic carbocycles. The average molecular weight is 730 g/mol. The van der Waals surface area contributed by atoms with Crippen molar-refractivity contribution in [3.05, 3.63) is 212 Å². The van der Waals surface area contributed by atoms with Gasteiger partial charge >= 0.3 is 0 Å². The lowest BCUT2D eigenvalue weighted by atomic mass is 9.97. The highest BCUT2D eigenvalue weighted by Gasteiger charge is 2.17. The van der Waals surface area contributed by atoms with Crippen molar-refractivity contribution >= 4 is 10.9 Å². The van der Waals surface area contributed by atoms with Crippen LogP contribution in [0.15, 0.2) is 212 Å². The molecule has 0 bridgehead atoms. The van der Waals surface area contributed by atoms with Crippen LogP contribution in [-0.2, 0) is 0 Å². The molecule has 2 aromatic heterocycles. The monoisotopic (exact) mass is 729 g/mol. The Hall–Kier alpha value is -7.76. The Labute approximate surface area is 331 Å². The first-order valence-corrected chi connectivity index (χ1v) is 19.1. The molecule has 0 aliphatic rings. The van der Waals surface area contributed by atoms with Gasteiger partial charge in [-0.15, -0.1) is 0 Å². The zero-order valence-corrected chi connectivity index (χ0v) is 30.9. The number of benzene rings is 8. The quantitative estimate of drug-likeness (QED) is 0.156. The molecular formula is C52H35N5. The number of rotatable bonds is 8. The highest BCUT2D eigenvalue weighted by Crippen LogP contribution is 2.35. The molecule has 0 spiro atoms. The summed E-state index contributed by atoms with van der Waals surface area (Å²) in [6.45, 7) is 0. The van der Waals surface area contributed by atoms with E-state index < -0.39 is 0 Å². The summed E-state index contributed by atoms with van der Waals surface area (Å²) in [7, 11) is 0. The fourth-order valence-corrected chi connectivity index (χ4v) is 7.41. The predicted molar refractivity (Wildman–Crippen MR) is 233 cm³/mol. The van der Waals surface area contributed by atoms with Gasteiger partial charge in [-0.3, -0.25) is 0 Å². The highest BCUT2D eigenvalue weighted by atomic mass is 15.3. The van der Waals surface area contributed by atoms with Gasteiger partial charge in [-0.05, 0) is 69.8 Å². The molecule has 0 amide bonds. The largest absolute Gasteiger partial charge is 0.232 e. The van der Waals surface area contributed by atoms with Crippen molar-refractivity contribution < 1.29 is 0 Å². The SMILES string of the molecule is c1ccc(-c2ccc3c(c2)c(-c2ccccc2)nn3-c2cccc(-c3cccc(-c4cccc(-c5nc(-c6ccccc6)nc(-c6ccccc6)n5)c4)c3)c2)cc1. The van der Waals surface area contributed by atoms with Gasteiger partial charge in [0.25, 0.3) is 0 Å². The average Bonchev–Trinajstić information content (AvgIpc) is 3.69. The minimum absolute atomic E-state index is 0.630. The van der Waals surface area contributed by atoms with Crippen LogP contribution in [0.1, 0.15) is 0 Å². The Kier molecular flexibility index (Phi) is 8.78. The first-order valence-electron chi connectivity index (χ1n) is 19.1. The van der Waals surface area contributed by atoms with Gasteiger partial charge in [-0.1, -0.05) is 176 Å². The number of fused-ring (bicyclic) bond motifs is 1. The van der Waals surface area contributed by atoms with E-state index in [4.69, 9.17) is 20.1 Å². The van der Waals surface area contributed by atoms with Gasteiger partial charge in [0.05, 0.1) is 11.2 Å². The normalized spacial score (nSPS) is 11.2. The summed E-state index contributed by atoms with van der Waals surface area (Å²) in [6.07, 6.45) is 0. The fourth-order valence-electron chi connectivity index (χ4n) is 7.41. The molecule has 8 aromatic carbocycles. The Morgan fingerprint density at radius 1 is 0.281 bits per heavy atom. The minimum Gasteiger partial charge on any atom is -0.232 e. The van der Waals surface area contributed by atoms with Crippen LogP contribution < -0.4 is 0 Å². The van der Waals surface area contributed by atoms with E-state index in [-0.39, 0.29) is 0 Å². The molecule has 5 nitrogen and oxygen atoms in total. The van der Waals surface area contributed by atoms with Gasteiger partial charge in [0.1, 0.15) is 5.69 Å². The van der Waals surface area contributed by atoms with Crippen molar-refractivity contribution in [2.75, 3.05) is 0 Å². The van der Waals surface area contributed by atoms with E-state index in [1.54, 1.807) is 0 Å². The van der Waals surface area contributed by atoms with Gasteiger partial charge in [-0.25, -0.2) is 19.6 Å². The summed E-state index contributed by atoms with van der Waals surface area (Å²) in [5, 5.41) is 6.37. The summed E-state index contributed by atoms with van der Waals surface area (Å²) in [5.74, 6) is 1.92. The molecule has 0 atom stereocenters. The smallest absolute Gasteiger partial charge is 0.164 e. The standard InChI is InChI=1S/C52H35N5/c1-5-16-36(17-6-1)44-30-31-48-47(35-44)49(37-18-7-2-8-19-37)56-57(48)46-29-15-27-43(34-46)41-25-13-24-40(32-41)42-26-14-28-45(33-42)52-54-50(38-20-9-3-10-21-38)53-51(55-52)39-22-11-4-12-23-39/h1-35H. The molecular weight excluding hydrogens is 695 g/mol. The van der Waals surface area contributed by atoms with E-state index >= 15 is 0 Å². The molecule has 268 valence electrons. The van der Waals surface area contributed by atoms with Crippen LogP contribution in [0.5, 0.6) is 0 Å². The van der Waals surface area contributed by atoms with Crippen LogP contribution >= 0.6 is 0 Å². The third-order valence-electron chi connectivity index (χ3n) is 10.3. The van der Waals surface area contributed by atoms with E-state index in [0.29, 0.717) is 17.5 Å². The van der Waals surface area contributed by atoms with Crippen LogP contribution in [0.2, 0.25) is 0 Å². The summed E-state index contributed by atoms with van der Waals surface area (Å²) < 4.78 is 2.07. The van der Waals surface area contributed by atoms with E-state index in [0.717, 1.165) is 66.8 Å². The van der Waals surface area contributed by atoms with Gasteiger partial charge < -0.3 is 0 Å². The van der Waals surface area contributed by atoms with Crippen LogP contribution in [0.25, 0.3) is 95.4 Å². The molecule has 2 heterocycles. The molecule has 10 aromatic rings. The zero-order chi connectivity index (χ0) is 38.0. The summed E-state index contributed by atoms with van der Waals surface area (Å²) >= 11 is 0. The van der Waals surface area contributed by atoms with Gasteiger partial charge in [0.2, 0.25) is 0 Å². The molecule has 0 N–H and O–H groups in total. The van der Waals surface area contributed by atoms with E-state index in [1.165, 1.54) is 11.1 Å². The summed E-state index contributed by atoms with van der Waals surface area (Å²) in [5.41, 5.74) is 13.7. The Bertz CT molecular complexity index is 2940. The number of hydrogen-bond donors (Lipinski definition) is 0. The number of nitrogens with zero attached hydrogens (tertiary/aromatic N) is 5. The molecule has 0 radical (unpaired) electrons. The van der Waals surface area contributed by atoms with E-state index in [1.807, 2.05) is 66.7 Å². The Morgan fingerprint density at radius 3 is 1.25 bits per heavy atom. The van der Waals surface area contributed by atoms with E-state index in [2.05, 4.69) is 150 Å². The summed E-state index contributed by atoms with van der Waals surface area (Å²) in [4.78, 5) is 14.8. The fraction of sp³-hybridized carbons (Fsp3) is 0. The maximum absolute atomic E-state index is 5.25. The lowest BCUT2D eigenvalue weighted by Gasteiger charge is -2.11. The minimum atomic E-state index is 0.630. The lowest BCUT2D eigenvalue weighted by Crippen LogP contribution is -2.00. The molecule has 0 fully saturated rings. The Morgan fingerprint density at radius 2 is 0.684 bits per heavy atom. The maximum atomic E-state index is 5.25. The number of hydrogen-bond acceptors (Lipinski definition) is 4. The maximum Gasteiger partial charge on any atom is 0.164 e. The van der Waals surface area contributed by atoms with Crippen molar-refractivity contribution in [1.82, 2.24) is 24.7 Å². The molecule has 0 saturated carbocycles. The van der Waals surface area contributed by atoms with Crippen LogP contribution in [-0.4, -0.2) is 24.7 Å². The third-order valence-corrected chi connectivity index (χ3v) is 10.3. The molecule has 57 heavy (non-hydrogen) atoms. The van der Waals surface area contributed by atoms with Gasteiger partial charge in [-0.2, -0.15) is 5.10 Å². The lowest BCUT2D eigenvalue weighted by molar-refractivity contribution is 0.915. The molecule has 0 saturated heterocycles.